The summed E-state index contributed by atoms with van der Waals surface area (Å²) in [7, 11) is 0. The molecule has 0 radical (unpaired) electrons. The van der Waals surface area contributed by atoms with Gasteiger partial charge in [-0.25, -0.2) is 0 Å². The number of fused-ring (bicyclic) bond motifs is 6. The first-order valence-electron chi connectivity index (χ1n) is 30.0. The molecule has 0 aliphatic rings. The monoisotopic (exact) mass is 1080 g/mol. The van der Waals surface area contributed by atoms with Gasteiger partial charge in [-0.05, 0) is 155 Å². The van der Waals surface area contributed by atoms with Crippen molar-refractivity contribution in [3.63, 3.8) is 0 Å². The van der Waals surface area contributed by atoms with Gasteiger partial charge in [-0.1, -0.05) is 208 Å². The first-order valence-corrected chi connectivity index (χ1v) is 35.9. The zero-order valence-corrected chi connectivity index (χ0v) is 51.4. The second-order valence-electron chi connectivity index (χ2n) is 20.6. The van der Waals surface area contributed by atoms with Gasteiger partial charge in [0.1, 0.15) is 0 Å². The van der Waals surface area contributed by atoms with E-state index in [1.54, 1.807) is 0 Å². The molecule has 0 spiro atoms. The van der Waals surface area contributed by atoms with E-state index in [4.69, 9.17) is 0 Å². The van der Waals surface area contributed by atoms with Crippen molar-refractivity contribution in [1.29, 1.82) is 0 Å². The lowest BCUT2D eigenvalue weighted by Gasteiger charge is -2.20. The number of hydrogen-bond acceptors (Lipinski definition) is 6. The zero-order valence-electron chi connectivity index (χ0n) is 46.5. The van der Waals surface area contributed by atoms with E-state index in [1.807, 2.05) is 0 Å². The van der Waals surface area contributed by atoms with Crippen molar-refractivity contribution in [3.05, 3.63) is 49.1 Å². The highest BCUT2D eigenvalue weighted by molar-refractivity contribution is 8.03. The fraction of sp³-hybridized carbons (Fsp3) is 0.692. The molecule has 0 saturated carbocycles. The molecule has 0 heterocycles. The minimum atomic E-state index is 1.19. The molecule has 6 heteroatoms. The highest BCUT2D eigenvalue weighted by Crippen LogP contribution is 2.47. The third-order valence-corrected chi connectivity index (χ3v) is 21.4. The molecule has 0 bridgehead atoms. The van der Waals surface area contributed by atoms with Gasteiger partial charge in [-0.3, -0.25) is 0 Å². The van der Waals surface area contributed by atoms with Crippen LogP contribution < -0.4 is 0 Å². The molecule has 0 atom stereocenters. The third kappa shape index (κ3) is 25.0. The van der Waals surface area contributed by atoms with Gasteiger partial charge in [-0.15, -0.1) is 77.2 Å². The van der Waals surface area contributed by atoms with Crippen LogP contribution in [0.15, 0.2) is 78.4 Å². The van der Waals surface area contributed by atoms with Crippen LogP contribution in [0.1, 0.15) is 253 Å². The zero-order chi connectivity index (χ0) is 50.4. The number of benzene rings is 4. The number of thioether (sulfide) groups is 6. The lowest BCUT2D eigenvalue weighted by atomic mass is 9.94. The minimum absolute atomic E-state index is 1.19. The topological polar surface area (TPSA) is 0 Å². The van der Waals surface area contributed by atoms with E-state index in [2.05, 4.69) is 154 Å². The predicted molar refractivity (Wildman–Crippen MR) is 339 cm³/mol. The quantitative estimate of drug-likeness (QED) is 0.0186. The molecule has 4 aromatic carbocycles. The summed E-state index contributed by atoms with van der Waals surface area (Å²) < 4.78 is 0. The SMILES string of the molecule is C=CCCCCCCCCCCCCCCCSc1cc2c3cc(SCCCCCC)c(SCCCCCC)cc3c3cc(SCCCCCC)c(SCCCCCC)cc3c2cc1SCCCCCC. The van der Waals surface area contributed by atoms with Crippen molar-refractivity contribution in [3.8, 4) is 0 Å². The Morgan fingerprint density at radius 1 is 0.254 bits per heavy atom. The third-order valence-electron chi connectivity index (χ3n) is 14.2. The van der Waals surface area contributed by atoms with Crippen LogP contribution >= 0.6 is 70.6 Å². The average Bonchev–Trinajstić information content (AvgIpc) is 3.38. The molecular formula is C65H104S6. The Morgan fingerprint density at radius 2 is 0.423 bits per heavy atom. The van der Waals surface area contributed by atoms with Gasteiger partial charge >= 0.3 is 0 Å². The van der Waals surface area contributed by atoms with Gasteiger partial charge in [0.2, 0.25) is 0 Å². The maximum Gasteiger partial charge on any atom is 0.0215 e. The van der Waals surface area contributed by atoms with Crippen molar-refractivity contribution in [2.24, 2.45) is 0 Å². The molecule has 400 valence electrons. The van der Waals surface area contributed by atoms with Crippen molar-refractivity contribution in [1.82, 2.24) is 0 Å². The van der Waals surface area contributed by atoms with Crippen LogP contribution in [0.25, 0.3) is 32.3 Å². The van der Waals surface area contributed by atoms with E-state index in [9.17, 15) is 0 Å². The van der Waals surface area contributed by atoms with Crippen LogP contribution in [0, 0.1) is 0 Å². The first-order chi connectivity index (χ1) is 35.1. The second kappa shape index (κ2) is 41.6. The Balaban J connectivity index is 1.72. The molecular weight excluding hydrogens is 973 g/mol. The number of rotatable bonds is 47. The summed E-state index contributed by atoms with van der Waals surface area (Å²) in [6.45, 7) is 15.6. The van der Waals surface area contributed by atoms with E-state index in [0.717, 1.165) is 0 Å². The van der Waals surface area contributed by atoms with Crippen LogP contribution in [0.5, 0.6) is 0 Å². The molecule has 4 rings (SSSR count). The Bertz CT molecular complexity index is 1940. The summed E-state index contributed by atoms with van der Waals surface area (Å²) in [6.07, 6.45) is 48.0. The van der Waals surface area contributed by atoms with E-state index in [1.165, 1.54) is 315 Å². The van der Waals surface area contributed by atoms with E-state index >= 15 is 0 Å². The molecule has 0 aliphatic heterocycles. The van der Waals surface area contributed by atoms with Crippen LogP contribution in [0.2, 0.25) is 0 Å². The fourth-order valence-corrected chi connectivity index (χ4v) is 16.7. The standard InChI is InChI=1S/C65H104S6/c1-7-13-19-25-26-27-28-29-30-31-32-33-34-35-41-47-71-65-53-59-57-51-63(69-45-39-23-17-11-5)61(67-43-37-21-15-9-3)49-55(57)54-48-60(66-42-36-20-14-8-2)62(68-44-38-22-16-10-4)50-56(54)58(59)52-64(65)70-46-40-24-18-12-6/h7,48-53H,1,8-47H2,2-6H3. The van der Waals surface area contributed by atoms with Gasteiger partial charge in [-0.2, -0.15) is 0 Å². The van der Waals surface area contributed by atoms with Crippen molar-refractivity contribution >= 4 is 103 Å². The van der Waals surface area contributed by atoms with Gasteiger partial charge < -0.3 is 0 Å². The summed E-state index contributed by atoms with van der Waals surface area (Å²) in [4.78, 5) is 9.17. The fourth-order valence-electron chi connectivity index (χ4n) is 9.77. The molecule has 0 aliphatic carbocycles. The van der Waals surface area contributed by atoms with Crippen molar-refractivity contribution in [2.45, 2.75) is 282 Å². The summed E-state index contributed by atoms with van der Waals surface area (Å²) in [5, 5.41) is 8.93. The number of allylic oxidation sites excluding steroid dienone is 1. The number of unbranched alkanes of at least 4 members (excludes halogenated alkanes) is 28. The molecule has 0 nitrogen and oxygen atoms in total. The lowest BCUT2D eigenvalue weighted by Crippen LogP contribution is -1.94. The average molecular weight is 1080 g/mol. The molecule has 0 N–H and O–H groups in total. The predicted octanol–water partition coefficient (Wildman–Crippen LogP) is 25.2. The van der Waals surface area contributed by atoms with Crippen molar-refractivity contribution < 1.29 is 0 Å². The van der Waals surface area contributed by atoms with Gasteiger partial charge in [0.05, 0.1) is 0 Å². The largest absolute Gasteiger partial charge is 0.125 e. The Morgan fingerprint density at radius 3 is 0.606 bits per heavy atom. The first kappa shape index (κ1) is 63.0. The molecule has 71 heavy (non-hydrogen) atoms. The summed E-state index contributed by atoms with van der Waals surface area (Å²) in [6, 6.07) is 16.1. The van der Waals surface area contributed by atoms with E-state index in [0.29, 0.717) is 0 Å². The Hall–Kier alpha value is -0.500. The summed E-state index contributed by atoms with van der Waals surface area (Å²) >= 11 is 12.9. The van der Waals surface area contributed by atoms with Gasteiger partial charge in [0, 0.05) is 29.4 Å². The van der Waals surface area contributed by atoms with Crippen molar-refractivity contribution in [2.75, 3.05) is 34.5 Å². The summed E-state index contributed by atoms with van der Waals surface area (Å²) in [5.74, 6) is 7.31. The molecule has 0 amide bonds. The van der Waals surface area contributed by atoms with Gasteiger partial charge in [0.15, 0.2) is 0 Å². The molecule has 0 aromatic heterocycles. The number of hydrogen-bond donors (Lipinski definition) is 0. The maximum absolute atomic E-state index is 3.87. The smallest absolute Gasteiger partial charge is 0.0215 e. The van der Waals surface area contributed by atoms with Crippen LogP contribution in [-0.2, 0) is 0 Å². The summed E-state index contributed by atoms with van der Waals surface area (Å²) in [5.41, 5.74) is 0. The van der Waals surface area contributed by atoms with Crippen LogP contribution in [0.3, 0.4) is 0 Å². The Kier molecular flexibility index (Phi) is 37.0. The highest BCUT2D eigenvalue weighted by atomic mass is 32.2. The highest BCUT2D eigenvalue weighted by Gasteiger charge is 2.19. The van der Waals surface area contributed by atoms with E-state index < -0.39 is 0 Å². The molecule has 0 fully saturated rings. The maximum atomic E-state index is 3.87. The lowest BCUT2D eigenvalue weighted by molar-refractivity contribution is 0.540. The molecule has 0 unspecified atom stereocenters. The molecule has 4 aromatic rings. The van der Waals surface area contributed by atoms with Gasteiger partial charge in [0.25, 0.3) is 0 Å². The minimum Gasteiger partial charge on any atom is -0.125 e. The Labute approximate surface area is 465 Å². The van der Waals surface area contributed by atoms with E-state index in [-0.39, 0.29) is 0 Å². The second-order valence-corrected chi connectivity index (χ2v) is 27.4. The van der Waals surface area contributed by atoms with Crippen LogP contribution in [0.4, 0.5) is 0 Å². The normalized spacial score (nSPS) is 11.8. The van der Waals surface area contributed by atoms with Crippen LogP contribution in [-0.4, -0.2) is 34.5 Å². The molecule has 0 saturated heterocycles.